The number of furan rings is 1. The number of sulfonamides is 1. The molecule has 0 saturated carbocycles. The van der Waals surface area contributed by atoms with E-state index in [1.165, 1.54) is 18.4 Å². The molecule has 8 heteroatoms. The third-order valence-electron chi connectivity index (χ3n) is 3.98. The summed E-state index contributed by atoms with van der Waals surface area (Å²) in [6, 6.07) is 7.99. The minimum absolute atomic E-state index is 0.105. The van der Waals surface area contributed by atoms with Crippen molar-refractivity contribution < 1.29 is 22.4 Å². The zero-order valence-corrected chi connectivity index (χ0v) is 15.5. The van der Waals surface area contributed by atoms with Crippen molar-refractivity contribution >= 4 is 10.0 Å². The van der Waals surface area contributed by atoms with Gasteiger partial charge in [0.15, 0.2) is 5.89 Å². The van der Waals surface area contributed by atoms with Crippen LogP contribution >= 0.6 is 0 Å². The molecule has 0 fully saturated rings. The van der Waals surface area contributed by atoms with Crippen LogP contribution in [-0.4, -0.2) is 25.1 Å². The Labute approximate surface area is 151 Å². The second-order valence-electron chi connectivity index (χ2n) is 6.01. The Balaban J connectivity index is 1.70. The van der Waals surface area contributed by atoms with E-state index in [4.69, 9.17) is 8.83 Å². The van der Waals surface area contributed by atoms with Gasteiger partial charge in [0.05, 0.1) is 11.0 Å². The van der Waals surface area contributed by atoms with Gasteiger partial charge in [-0.1, -0.05) is 12.1 Å². The van der Waals surface area contributed by atoms with Crippen LogP contribution in [0.25, 0.3) is 11.3 Å². The summed E-state index contributed by atoms with van der Waals surface area (Å²) >= 11 is 0. The third kappa shape index (κ3) is 3.87. The quantitative estimate of drug-likeness (QED) is 0.685. The maximum absolute atomic E-state index is 12.4. The molecule has 0 bridgehead atoms. The lowest BCUT2D eigenvalue weighted by Crippen LogP contribution is -2.28. The molecule has 2 aromatic heterocycles. The van der Waals surface area contributed by atoms with Crippen molar-refractivity contribution in [2.75, 3.05) is 6.54 Å². The lowest BCUT2D eigenvalue weighted by molar-refractivity contribution is 0.180. The molecule has 1 aromatic carbocycles. The fourth-order valence-electron chi connectivity index (χ4n) is 2.66. The largest absolute Gasteiger partial charge is 0.466 e. The number of aryl methyl sites for hydroxylation is 3. The first-order valence-corrected chi connectivity index (χ1v) is 9.52. The van der Waals surface area contributed by atoms with E-state index in [1.54, 1.807) is 39.0 Å². The monoisotopic (exact) mass is 376 g/mol. The maximum Gasteiger partial charge on any atom is 0.240 e. The lowest BCUT2D eigenvalue weighted by Gasteiger charge is -2.12. The van der Waals surface area contributed by atoms with Crippen LogP contribution in [0.15, 0.2) is 50.3 Å². The normalized spacial score (nSPS) is 13.1. The molecule has 0 aliphatic carbocycles. The summed E-state index contributed by atoms with van der Waals surface area (Å²) in [6.07, 6.45) is 0.530. The van der Waals surface area contributed by atoms with Crippen LogP contribution in [0, 0.1) is 20.8 Å². The summed E-state index contributed by atoms with van der Waals surface area (Å²) in [5, 5.41) is 10.2. The van der Waals surface area contributed by atoms with E-state index in [0.717, 1.165) is 5.56 Å². The van der Waals surface area contributed by atoms with Crippen LogP contribution < -0.4 is 4.72 Å². The van der Waals surface area contributed by atoms with E-state index in [9.17, 15) is 13.5 Å². The van der Waals surface area contributed by atoms with Gasteiger partial charge in [-0.05, 0) is 32.0 Å². The molecular weight excluding hydrogens is 356 g/mol. The predicted molar refractivity (Wildman–Crippen MR) is 95.0 cm³/mol. The van der Waals surface area contributed by atoms with Gasteiger partial charge in [0.2, 0.25) is 10.0 Å². The molecular formula is C18H20N2O5S. The van der Waals surface area contributed by atoms with Crippen molar-refractivity contribution in [3.63, 3.8) is 0 Å². The van der Waals surface area contributed by atoms with Crippen LogP contribution in [0.5, 0.6) is 0 Å². The highest BCUT2D eigenvalue weighted by Crippen LogP contribution is 2.23. The highest BCUT2D eigenvalue weighted by atomic mass is 32.2. The average Bonchev–Trinajstić information content (AvgIpc) is 3.18. The highest BCUT2D eigenvalue weighted by Gasteiger charge is 2.19. The van der Waals surface area contributed by atoms with Crippen LogP contribution in [0.3, 0.4) is 0 Å². The molecule has 1 atom stereocenters. The standard InChI is InChI=1S/C18H20N2O5S/c1-11-8-16(12(2)25-11)18(21)9-19-26(22,23)15-6-4-14(5-7-15)17-10-24-13(3)20-17/h4-8,10,18-19,21H,9H2,1-3H3. The van der Waals surface area contributed by atoms with Crippen LogP contribution in [0.4, 0.5) is 0 Å². The van der Waals surface area contributed by atoms with Crippen LogP contribution in [0.1, 0.15) is 29.1 Å². The first kappa shape index (κ1) is 18.4. The molecule has 0 amide bonds. The van der Waals surface area contributed by atoms with Crippen molar-refractivity contribution in [1.29, 1.82) is 0 Å². The minimum atomic E-state index is -3.75. The molecule has 26 heavy (non-hydrogen) atoms. The molecule has 2 heterocycles. The van der Waals surface area contributed by atoms with Crippen molar-refractivity contribution in [3.05, 3.63) is 59.6 Å². The summed E-state index contributed by atoms with van der Waals surface area (Å²) in [6.45, 7) is 5.09. The van der Waals surface area contributed by atoms with E-state index in [2.05, 4.69) is 9.71 Å². The van der Waals surface area contributed by atoms with Crippen LogP contribution in [-0.2, 0) is 10.0 Å². The van der Waals surface area contributed by atoms with Crippen molar-refractivity contribution in [1.82, 2.24) is 9.71 Å². The Hall–Kier alpha value is -2.42. The number of aliphatic hydroxyl groups is 1. The number of benzene rings is 1. The van der Waals surface area contributed by atoms with E-state index in [0.29, 0.717) is 28.7 Å². The summed E-state index contributed by atoms with van der Waals surface area (Å²) in [5.41, 5.74) is 1.97. The molecule has 0 aliphatic heterocycles. The van der Waals surface area contributed by atoms with Crippen molar-refractivity contribution in [2.24, 2.45) is 0 Å². The van der Waals surface area contributed by atoms with Gasteiger partial charge >= 0.3 is 0 Å². The molecule has 7 nitrogen and oxygen atoms in total. The Morgan fingerprint density at radius 2 is 1.88 bits per heavy atom. The number of hydrogen-bond acceptors (Lipinski definition) is 6. The second-order valence-corrected chi connectivity index (χ2v) is 7.78. The first-order chi connectivity index (χ1) is 12.3. The summed E-state index contributed by atoms with van der Waals surface area (Å²) in [4.78, 5) is 4.31. The highest BCUT2D eigenvalue weighted by molar-refractivity contribution is 7.89. The molecule has 0 saturated heterocycles. The second kappa shape index (κ2) is 7.06. The molecule has 0 spiro atoms. The average molecular weight is 376 g/mol. The maximum atomic E-state index is 12.4. The molecule has 0 aliphatic rings. The van der Waals surface area contributed by atoms with Gasteiger partial charge in [-0.15, -0.1) is 0 Å². The molecule has 1 unspecified atom stereocenters. The van der Waals surface area contributed by atoms with Crippen LogP contribution in [0.2, 0.25) is 0 Å². The number of nitrogens with zero attached hydrogens (tertiary/aromatic N) is 1. The van der Waals surface area contributed by atoms with Gasteiger partial charge < -0.3 is 13.9 Å². The number of aliphatic hydroxyl groups excluding tert-OH is 1. The van der Waals surface area contributed by atoms with Gasteiger partial charge in [0.1, 0.15) is 23.5 Å². The summed E-state index contributed by atoms with van der Waals surface area (Å²) in [7, 11) is -3.75. The Kier molecular flexibility index (Phi) is 4.99. The number of aromatic nitrogens is 1. The van der Waals surface area contributed by atoms with E-state index in [1.807, 2.05) is 0 Å². The fraction of sp³-hybridized carbons (Fsp3) is 0.278. The van der Waals surface area contributed by atoms with E-state index >= 15 is 0 Å². The number of oxazole rings is 1. The van der Waals surface area contributed by atoms with Gasteiger partial charge in [0.25, 0.3) is 0 Å². The molecule has 2 N–H and O–H groups in total. The Morgan fingerprint density at radius 3 is 2.42 bits per heavy atom. The lowest BCUT2D eigenvalue weighted by atomic mass is 10.1. The summed E-state index contributed by atoms with van der Waals surface area (Å²) < 4.78 is 37.8. The van der Waals surface area contributed by atoms with E-state index < -0.39 is 16.1 Å². The van der Waals surface area contributed by atoms with Crippen molar-refractivity contribution in [2.45, 2.75) is 31.8 Å². The fourth-order valence-corrected chi connectivity index (χ4v) is 3.70. The van der Waals surface area contributed by atoms with Crippen molar-refractivity contribution in [3.8, 4) is 11.3 Å². The SMILES string of the molecule is Cc1cc(C(O)CNS(=O)(=O)c2ccc(-c3coc(C)n3)cc2)c(C)o1. The van der Waals surface area contributed by atoms with Gasteiger partial charge in [-0.3, -0.25) is 0 Å². The minimum Gasteiger partial charge on any atom is -0.466 e. The third-order valence-corrected chi connectivity index (χ3v) is 5.42. The Morgan fingerprint density at radius 1 is 1.19 bits per heavy atom. The predicted octanol–water partition coefficient (Wildman–Crippen LogP) is 2.87. The Bertz CT molecular complexity index is 1000. The van der Waals surface area contributed by atoms with E-state index in [-0.39, 0.29) is 11.4 Å². The number of nitrogens with one attached hydrogen (secondary N) is 1. The number of hydrogen-bond donors (Lipinski definition) is 2. The van der Waals surface area contributed by atoms with Gasteiger partial charge in [0, 0.05) is 24.6 Å². The first-order valence-electron chi connectivity index (χ1n) is 8.03. The van der Waals surface area contributed by atoms with Gasteiger partial charge in [-0.2, -0.15) is 0 Å². The molecule has 3 rings (SSSR count). The zero-order valence-electron chi connectivity index (χ0n) is 14.7. The molecule has 3 aromatic rings. The molecule has 0 radical (unpaired) electrons. The summed E-state index contributed by atoms with van der Waals surface area (Å²) in [5.74, 6) is 1.77. The zero-order chi connectivity index (χ0) is 18.9. The smallest absolute Gasteiger partial charge is 0.240 e. The van der Waals surface area contributed by atoms with Gasteiger partial charge in [-0.25, -0.2) is 18.1 Å². The molecule has 138 valence electrons. The number of rotatable bonds is 6. The topological polar surface area (TPSA) is 106 Å².